The van der Waals surface area contributed by atoms with E-state index in [9.17, 15) is 9.59 Å². The fourth-order valence-corrected chi connectivity index (χ4v) is 2.51. The van der Waals surface area contributed by atoms with Crippen LogP contribution < -0.4 is 4.74 Å². The number of aliphatic carboxylic acids is 1. The minimum absolute atomic E-state index is 0.0824. The van der Waals surface area contributed by atoms with E-state index in [2.05, 4.69) is 4.98 Å². The number of rotatable bonds is 7. The lowest BCUT2D eigenvalue weighted by Gasteiger charge is -2.16. The summed E-state index contributed by atoms with van der Waals surface area (Å²) in [7, 11) is 1.56. The number of carboxylic acid groups (broad SMARTS) is 1. The number of aryl methyl sites for hydroxylation is 1. The van der Waals surface area contributed by atoms with Crippen molar-refractivity contribution >= 4 is 23.2 Å². The number of carbonyl (C=O) groups is 2. The molecular weight excluding hydrogens is 316 g/mol. The lowest BCUT2D eigenvalue weighted by molar-refractivity contribution is -0.138. The van der Waals surface area contributed by atoms with E-state index >= 15 is 0 Å². The van der Waals surface area contributed by atoms with Crippen LogP contribution in [0.25, 0.3) is 11.3 Å². The van der Waals surface area contributed by atoms with E-state index < -0.39 is 5.97 Å². The Morgan fingerprint density at radius 2 is 2.17 bits per heavy atom. The zero-order chi connectivity index (χ0) is 16.8. The second-order valence-electron chi connectivity index (χ2n) is 5.03. The van der Waals surface area contributed by atoms with Crippen LogP contribution in [0.15, 0.2) is 29.6 Å². The number of likely N-dealkylation sites (N-methyl/N-ethyl adjacent to an activating group) is 1. The van der Waals surface area contributed by atoms with Crippen LogP contribution in [0.2, 0.25) is 0 Å². The average molecular weight is 334 g/mol. The molecule has 0 aliphatic heterocycles. The highest BCUT2D eigenvalue weighted by Gasteiger charge is 2.11. The van der Waals surface area contributed by atoms with Crippen LogP contribution in [-0.2, 0) is 9.59 Å². The molecule has 0 bridgehead atoms. The molecule has 0 spiro atoms. The summed E-state index contributed by atoms with van der Waals surface area (Å²) in [6, 6.07) is 7.38. The van der Waals surface area contributed by atoms with Crippen LogP contribution in [0.5, 0.6) is 5.75 Å². The van der Waals surface area contributed by atoms with E-state index in [0.29, 0.717) is 5.75 Å². The monoisotopic (exact) mass is 334 g/mol. The molecule has 0 saturated carbocycles. The molecule has 0 atom stereocenters. The fourth-order valence-electron chi connectivity index (χ4n) is 1.88. The topological polar surface area (TPSA) is 79.7 Å². The van der Waals surface area contributed by atoms with Gasteiger partial charge in [-0.25, -0.2) is 4.98 Å². The van der Waals surface area contributed by atoms with Crippen LogP contribution >= 0.6 is 11.3 Å². The van der Waals surface area contributed by atoms with Gasteiger partial charge in [-0.3, -0.25) is 9.59 Å². The molecule has 1 aromatic heterocycles. The van der Waals surface area contributed by atoms with Crippen molar-refractivity contribution in [3.8, 4) is 17.0 Å². The van der Waals surface area contributed by atoms with E-state index in [4.69, 9.17) is 9.84 Å². The third kappa shape index (κ3) is 5.07. The number of benzene rings is 1. The summed E-state index contributed by atoms with van der Waals surface area (Å²) in [6.07, 6.45) is -0.0824. The predicted octanol–water partition coefficient (Wildman–Crippen LogP) is 2.43. The van der Waals surface area contributed by atoms with Gasteiger partial charge in [-0.2, -0.15) is 0 Å². The number of hydrogen-bond donors (Lipinski definition) is 1. The molecule has 0 radical (unpaired) electrons. The Bertz CT molecular complexity index is 699. The van der Waals surface area contributed by atoms with Gasteiger partial charge in [0.1, 0.15) is 5.75 Å². The maximum Gasteiger partial charge on any atom is 0.305 e. The fraction of sp³-hybridized carbons (Fsp3) is 0.312. The zero-order valence-electron chi connectivity index (χ0n) is 13.0. The first kappa shape index (κ1) is 17.0. The Labute approximate surface area is 138 Å². The zero-order valence-corrected chi connectivity index (χ0v) is 13.8. The molecule has 23 heavy (non-hydrogen) atoms. The normalized spacial score (nSPS) is 10.3. The average Bonchev–Trinajstić information content (AvgIpc) is 2.97. The van der Waals surface area contributed by atoms with Gasteiger partial charge >= 0.3 is 5.97 Å². The van der Waals surface area contributed by atoms with Crippen molar-refractivity contribution < 1.29 is 19.4 Å². The maximum absolute atomic E-state index is 11.9. The lowest BCUT2D eigenvalue weighted by Crippen LogP contribution is -2.33. The maximum atomic E-state index is 11.9. The van der Waals surface area contributed by atoms with Crippen molar-refractivity contribution in [2.24, 2.45) is 0 Å². The first-order valence-electron chi connectivity index (χ1n) is 7.07. The molecule has 0 fully saturated rings. The molecule has 6 nitrogen and oxygen atoms in total. The summed E-state index contributed by atoms with van der Waals surface area (Å²) in [4.78, 5) is 28.2. The van der Waals surface area contributed by atoms with Gasteiger partial charge in [-0.15, -0.1) is 11.3 Å². The molecule has 0 aliphatic rings. The van der Waals surface area contributed by atoms with Crippen molar-refractivity contribution in [2.75, 3.05) is 20.2 Å². The van der Waals surface area contributed by atoms with Gasteiger partial charge in [0, 0.05) is 24.5 Å². The number of ether oxygens (including phenoxy) is 1. The van der Waals surface area contributed by atoms with Gasteiger partial charge in [0.05, 0.1) is 17.1 Å². The summed E-state index contributed by atoms with van der Waals surface area (Å²) in [5.74, 6) is -0.619. The van der Waals surface area contributed by atoms with Crippen LogP contribution in [0.1, 0.15) is 11.4 Å². The second-order valence-corrected chi connectivity index (χ2v) is 6.09. The first-order valence-corrected chi connectivity index (χ1v) is 7.95. The Balaban J connectivity index is 1.93. The molecule has 0 aliphatic carbocycles. The Morgan fingerprint density at radius 1 is 1.39 bits per heavy atom. The van der Waals surface area contributed by atoms with Crippen molar-refractivity contribution in [1.82, 2.24) is 9.88 Å². The largest absolute Gasteiger partial charge is 0.484 e. The quantitative estimate of drug-likeness (QED) is 0.841. The van der Waals surface area contributed by atoms with Crippen molar-refractivity contribution in [3.05, 3.63) is 34.7 Å². The van der Waals surface area contributed by atoms with Crippen LogP contribution in [-0.4, -0.2) is 47.1 Å². The molecule has 1 N–H and O–H groups in total. The highest BCUT2D eigenvalue weighted by Crippen LogP contribution is 2.25. The van der Waals surface area contributed by atoms with Crippen LogP contribution in [0.3, 0.4) is 0 Å². The highest BCUT2D eigenvalue weighted by atomic mass is 32.1. The van der Waals surface area contributed by atoms with E-state index in [1.54, 1.807) is 24.5 Å². The third-order valence-corrected chi connectivity index (χ3v) is 3.97. The third-order valence-electron chi connectivity index (χ3n) is 3.20. The molecular formula is C16H18N2O4S. The van der Waals surface area contributed by atoms with Crippen molar-refractivity contribution in [1.29, 1.82) is 0 Å². The molecule has 2 rings (SSSR count). The molecule has 2 aromatic rings. The van der Waals surface area contributed by atoms with E-state index in [1.165, 1.54) is 4.90 Å². The predicted molar refractivity (Wildman–Crippen MR) is 87.7 cm³/mol. The standard InChI is InChI=1S/C16H18N2O4S/c1-11-17-14(10-23-11)12-4-3-5-13(8-12)22-9-15(19)18(2)7-6-16(20)21/h3-5,8,10H,6-7,9H2,1-2H3,(H,20,21). The minimum atomic E-state index is -0.933. The van der Waals surface area contributed by atoms with Gasteiger partial charge in [-0.1, -0.05) is 12.1 Å². The van der Waals surface area contributed by atoms with Gasteiger partial charge < -0.3 is 14.7 Å². The molecule has 1 aromatic carbocycles. The van der Waals surface area contributed by atoms with Crippen LogP contribution in [0, 0.1) is 6.92 Å². The number of nitrogens with zero attached hydrogens (tertiary/aromatic N) is 2. The molecule has 0 unspecified atom stereocenters. The number of amides is 1. The van der Waals surface area contributed by atoms with E-state index in [-0.39, 0.29) is 25.5 Å². The summed E-state index contributed by atoms with van der Waals surface area (Å²) in [5, 5.41) is 11.6. The minimum Gasteiger partial charge on any atom is -0.484 e. The summed E-state index contributed by atoms with van der Waals surface area (Å²) < 4.78 is 5.50. The number of carboxylic acids is 1. The van der Waals surface area contributed by atoms with Gasteiger partial charge in [0.25, 0.3) is 5.91 Å². The molecule has 7 heteroatoms. The Morgan fingerprint density at radius 3 is 2.83 bits per heavy atom. The highest BCUT2D eigenvalue weighted by molar-refractivity contribution is 7.09. The number of hydrogen-bond acceptors (Lipinski definition) is 5. The SMILES string of the molecule is Cc1nc(-c2cccc(OCC(=O)N(C)CCC(=O)O)c2)cs1. The smallest absolute Gasteiger partial charge is 0.305 e. The number of aromatic nitrogens is 1. The molecule has 122 valence electrons. The Hall–Kier alpha value is -2.41. The summed E-state index contributed by atoms with van der Waals surface area (Å²) in [5.41, 5.74) is 1.81. The van der Waals surface area contributed by atoms with Crippen molar-refractivity contribution in [2.45, 2.75) is 13.3 Å². The summed E-state index contributed by atoms with van der Waals surface area (Å²) >= 11 is 1.57. The van der Waals surface area contributed by atoms with Crippen molar-refractivity contribution in [3.63, 3.8) is 0 Å². The van der Waals surface area contributed by atoms with E-state index in [0.717, 1.165) is 16.3 Å². The second kappa shape index (κ2) is 7.73. The number of thiazole rings is 1. The summed E-state index contributed by atoms with van der Waals surface area (Å²) in [6.45, 7) is 1.98. The lowest BCUT2D eigenvalue weighted by atomic mass is 10.2. The van der Waals surface area contributed by atoms with Gasteiger partial charge in [-0.05, 0) is 19.1 Å². The molecule has 1 heterocycles. The Kier molecular flexibility index (Phi) is 5.70. The molecule has 0 saturated heterocycles. The van der Waals surface area contributed by atoms with Crippen LogP contribution in [0.4, 0.5) is 0 Å². The van der Waals surface area contributed by atoms with Gasteiger partial charge in [0.15, 0.2) is 6.61 Å². The van der Waals surface area contributed by atoms with E-state index in [1.807, 2.05) is 30.5 Å². The first-order chi connectivity index (χ1) is 11.0. The molecule has 1 amide bonds. The van der Waals surface area contributed by atoms with Gasteiger partial charge in [0.2, 0.25) is 0 Å². The number of carbonyl (C=O) groups excluding carboxylic acids is 1.